The van der Waals surface area contributed by atoms with E-state index in [1.807, 2.05) is 0 Å². The maximum atomic E-state index is 8.52. The molecule has 0 saturated heterocycles. The van der Waals surface area contributed by atoms with Crippen LogP contribution < -0.4 is 0 Å². The zero-order chi connectivity index (χ0) is 9.00. The molecule has 0 aromatic carbocycles. The molecule has 0 heterocycles. The topological polar surface area (TPSA) is 189 Å². The molecule has 0 N–H and O–H groups in total. The van der Waals surface area contributed by atoms with Crippen molar-refractivity contribution in [1.82, 2.24) is 0 Å². The first-order valence-electron chi connectivity index (χ1n) is 1.33. The molecule has 0 aromatic heterocycles. The zero-order valence-corrected chi connectivity index (χ0v) is 7.43. The van der Waals surface area contributed by atoms with E-state index in [0.717, 1.165) is 0 Å². The standard InChI is InChI=1S/Ni.2H2O4S.O/c;2*1-5(2,3)4;/h;2*(H2,1,2,3,4);/q+2;;;+2/p-4. The summed E-state index contributed by atoms with van der Waals surface area (Å²) < 4.78 is 68.2. The average Bonchev–Trinajstić information content (AvgIpc) is 1.12. The first-order valence-corrected chi connectivity index (χ1v) is 4.00. The van der Waals surface area contributed by atoms with Crippen LogP contribution in [0.3, 0.4) is 0 Å². The van der Waals surface area contributed by atoms with Crippen molar-refractivity contribution < 1.29 is 57.0 Å². The molecule has 0 aliphatic rings. The van der Waals surface area contributed by atoms with E-state index in [0.29, 0.717) is 0 Å². The number of rotatable bonds is 0. The number of hydrogen-bond acceptors (Lipinski definition) is 8. The summed E-state index contributed by atoms with van der Waals surface area (Å²) in [5.74, 6) is 0. The van der Waals surface area contributed by atoms with Crippen molar-refractivity contribution in [3.05, 3.63) is 0 Å². The van der Waals surface area contributed by atoms with E-state index < -0.39 is 20.8 Å². The molecule has 4 radical (unpaired) electrons. The van der Waals surface area contributed by atoms with Crippen LogP contribution in [-0.4, -0.2) is 35.0 Å². The van der Waals surface area contributed by atoms with E-state index in [4.69, 9.17) is 35.0 Å². The Morgan fingerprint density at radius 3 is 0.667 bits per heavy atom. The second-order valence-electron chi connectivity index (χ2n) is 0.816. The summed E-state index contributed by atoms with van der Waals surface area (Å²) in [5, 5.41) is 0. The third-order valence-corrected chi connectivity index (χ3v) is 0. The second kappa shape index (κ2) is 7.82. The third-order valence-electron chi connectivity index (χ3n) is 0. The van der Waals surface area contributed by atoms with Crippen LogP contribution in [0.15, 0.2) is 0 Å². The van der Waals surface area contributed by atoms with Crippen molar-refractivity contribution in [1.29, 1.82) is 0 Å². The van der Waals surface area contributed by atoms with Gasteiger partial charge >= 0.3 is 22.0 Å². The van der Waals surface area contributed by atoms with Crippen LogP contribution in [0, 0.1) is 0 Å². The van der Waals surface area contributed by atoms with Gasteiger partial charge < -0.3 is 18.2 Å². The minimum atomic E-state index is -5.17. The van der Waals surface area contributed by atoms with E-state index in [1.165, 1.54) is 0 Å². The van der Waals surface area contributed by atoms with Crippen LogP contribution in [0.4, 0.5) is 0 Å². The molecule has 0 saturated carbocycles. The zero-order valence-electron chi connectivity index (χ0n) is 4.81. The Labute approximate surface area is 78.2 Å². The maximum absolute atomic E-state index is 8.52. The summed E-state index contributed by atoms with van der Waals surface area (Å²) in [6.45, 7) is 0. The summed E-state index contributed by atoms with van der Waals surface area (Å²) in [4.78, 5) is 0. The number of hydrogen-bond donors (Lipinski definition) is 0. The Hall–Kier alpha value is 0.194. The first-order chi connectivity index (χ1) is 4.00. The fourth-order valence-corrected chi connectivity index (χ4v) is 0. The van der Waals surface area contributed by atoms with Gasteiger partial charge in [-0.3, -0.25) is 16.8 Å². The molecule has 76 valence electrons. The van der Waals surface area contributed by atoms with Crippen molar-refractivity contribution >= 4 is 20.8 Å². The fraction of sp³-hybridized carbons (Fsp3) is 0. The molecular formula is NiO9S2. The smallest absolute Gasteiger partial charge is 0.759 e. The average molecular weight is 267 g/mol. The van der Waals surface area contributed by atoms with Crippen LogP contribution in [0.25, 0.3) is 0 Å². The van der Waals surface area contributed by atoms with Crippen LogP contribution in [0.2, 0.25) is 0 Å². The first kappa shape index (κ1) is 22.8. The molecule has 0 amide bonds. The van der Waals surface area contributed by atoms with Gasteiger partial charge in [0.05, 0.1) is 0 Å². The van der Waals surface area contributed by atoms with Gasteiger partial charge in [0.2, 0.25) is 0 Å². The van der Waals surface area contributed by atoms with Gasteiger partial charge in [-0.2, -0.15) is 0 Å². The molecule has 12 heteroatoms. The molecule has 0 aliphatic carbocycles. The van der Waals surface area contributed by atoms with E-state index >= 15 is 0 Å². The van der Waals surface area contributed by atoms with E-state index in [2.05, 4.69) is 0 Å². The van der Waals surface area contributed by atoms with Gasteiger partial charge in [-0.25, -0.2) is 0 Å². The van der Waals surface area contributed by atoms with Gasteiger partial charge in [-0.1, -0.05) is 0 Å². The fourth-order valence-electron chi connectivity index (χ4n) is 0. The van der Waals surface area contributed by atoms with Crippen molar-refractivity contribution in [3.8, 4) is 0 Å². The minimum Gasteiger partial charge on any atom is -0.759 e. The van der Waals surface area contributed by atoms with E-state index in [-0.39, 0.29) is 22.0 Å². The Morgan fingerprint density at radius 2 is 0.667 bits per heavy atom. The summed E-state index contributed by atoms with van der Waals surface area (Å²) in [7, 11) is -10.3. The Bertz CT molecular complexity index is 209. The van der Waals surface area contributed by atoms with E-state index in [9.17, 15) is 0 Å². The summed E-state index contributed by atoms with van der Waals surface area (Å²) in [5.41, 5.74) is 0. The van der Waals surface area contributed by atoms with Crippen LogP contribution in [0.5, 0.6) is 0 Å². The molecule has 0 aliphatic heterocycles. The van der Waals surface area contributed by atoms with Crippen molar-refractivity contribution in [2.45, 2.75) is 0 Å². The van der Waals surface area contributed by atoms with Crippen LogP contribution in [0.1, 0.15) is 0 Å². The molecule has 9 nitrogen and oxygen atoms in total. The van der Waals surface area contributed by atoms with Crippen LogP contribution in [-0.2, 0) is 42.8 Å². The minimum absolute atomic E-state index is 0. The summed E-state index contributed by atoms with van der Waals surface area (Å²) in [6, 6.07) is 0. The predicted octanol–water partition coefficient (Wildman–Crippen LogP) is -2.80. The molecule has 0 bridgehead atoms. The quantitative estimate of drug-likeness (QED) is 0.255. The Kier molecular flexibility index (Phi) is 14.8. The van der Waals surface area contributed by atoms with Crippen molar-refractivity contribution in [2.24, 2.45) is 0 Å². The summed E-state index contributed by atoms with van der Waals surface area (Å²) >= 11 is 0. The largest absolute Gasteiger partial charge is 2.00 e. The molecular weight excluding hydrogens is 267 g/mol. The third kappa shape index (κ3) is 23000. The monoisotopic (exact) mass is 266 g/mol. The molecule has 0 rings (SSSR count). The molecule has 0 unspecified atom stereocenters. The van der Waals surface area contributed by atoms with Crippen LogP contribution >= 0.6 is 0 Å². The van der Waals surface area contributed by atoms with Gasteiger partial charge in [0.1, 0.15) is 0 Å². The van der Waals surface area contributed by atoms with Crippen molar-refractivity contribution in [2.75, 3.05) is 0 Å². The van der Waals surface area contributed by atoms with Gasteiger partial charge in [0.25, 0.3) is 0 Å². The second-order valence-corrected chi connectivity index (χ2v) is 2.45. The Balaban J connectivity index is -0.0000000457. The molecule has 0 aromatic rings. The molecule has 0 spiro atoms. The maximum Gasteiger partial charge on any atom is 2.00 e. The van der Waals surface area contributed by atoms with Gasteiger partial charge in [0, 0.05) is 20.8 Å². The summed E-state index contributed by atoms with van der Waals surface area (Å²) in [6.07, 6.45) is 0. The van der Waals surface area contributed by atoms with Crippen molar-refractivity contribution in [3.63, 3.8) is 0 Å². The Morgan fingerprint density at radius 1 is 0.667 bits per heavy atom. The van der Waals surface area contributed by atoms with E-state index in [1.54, 1.807) is 0 Å². The van der Waals surface area contributed by atoms with Gasteiger partial charge in [-0.15, -0.1) is 0 Å². The predicted molar refractivity (Wildman–Crippen MR) is 21.6 cm³/mol. The normalized spacial score (nSPS) is 9.67. The molecule has 0 fully saturated rings. The van der Waals surface area contributed by atoms with Gasteiger partial charge in [-0.05, 0) is 0 Å². The molecule has 12 heavy (non-hydrogen) atoms. The van der Waals surface area contributed by atoms with Gasteiger partial charge in [0.15, 0.2) is 0 Å². The molecule has 0 atom stereocenters. The SMILES string of the molecule is O=S(=O)([O-])[O-].O=S(=O)([O-])[O-].[Ni+2].[O+2].